The Kier molecular flexibility index (Phi) is 8.26. The zero-order valence-electron chi connectivity index (χ0n) is 18.5. The summed E-state index contributed by atoms with van der Waals surface area (Å²) in [6.07, 6.45) is 1.87. The monoisotopic (exact) mass is 431 g/mol. The molecule has 3 aromatic carbocycles. The molecular weight excluding hydrogens is 402 g/mol. The largest absolute Gasteiger partial charge is 0.491 e. The predicted molar refractivity (Wildman–Crippen MR) is 129 cm³/mol. The third kappa shape index (κ3) is 6.87. The van der Waals surface area contributed by atoms with Gasteiger partial charge in [0.2, 0.25) is 11.8 Å². The number of para-hydroxylation sites is 2. The molecular formula is C26H29N3O3. The first-order chi connectivity index (χ1) is 15.5. The molecule has 0 fully saturated rings. The van der Waals surface area contributed by atoms with Crippen molar-refractivity contribution in [3.05, 3.63) is 84.4 Å². The molecule has 0 radical (unpaired) electrons. The number of rotatable bonds is 10. The maximum atomic E-state index is 12.4. The molecule has 0 bridgehead atoms. The molecule has 0 unspecified atom stereocenters. The van der Waals surface area contributed by atoms with E-state index in [0.717, 1.165) is 30.0 Å². The fourth-order valence-corrected chi connectivity index (χ4v) is 3.17. The van der Waals surface area contributed by atoms with Crippen LogP contribution in [0.3, 0.4) is 0 Å². The van der Waals surface area contributed by atoms with Gasteiger partial charge in [0.05, 0.1) is 18.8 Å². The number of aryl methyl sites for hydroxylation is 1. The van der Waals surface area contributed by atoms with E-state index in [-0.39, 0.29) is 18.4 Å². The molecule has 6 heteroatoms. The van der Waals surface area contributed by atoms with Gasteiger partial charge in [0.1, 0.15) is 5.75 Å². The lowest BCUT2D eigenvalue weighted by atomic mass is 10.1. The van der Waals surface area contributed by atoms with Crippen molar-refractivity contribution in [2.75, 3.05) is 35.7 Å². The third-order valence-electron chi connectivity index (χ3n) is 5.05. The number of carbonyl (C=O) groups excluding carboxylic acids is 2. The average Bonchev–Trinajstić information content (AvgIpc) is 2.82. The van der Waals surface area contributed by atoms with Crippen molar-refractivity contribution in [1.82, 2.24) is 0 Å². The van der Waals surface area contributed by atoms with Crippen LogP contribution < -0.4 is 20.3 Å². The van der Waals surface area contributed by atoms with Gasteiger partial charge in [0.15, 0.2) is 0 Å². The standard InChI is InChI=1S/C26H29N3O3/c1-20(30)29(2)23-16-14-22(15-17-23)28-26(31)19-27-24-12-6-7-13-25(24)32-18-8-11-21-9-4-3-5-10-21/h3-7,9-10,12-17,27H,8,11,18-19H2,1-2H3,(H,28,31). The highest BCUT2D eigenvalue weighted by Gasteiger charge is 2.08. The number of nitrogens with one attached hydrogen (secondary N) is 2. The van der Waals surface area contributed by atoms with Gasteiger partial charge in [-0.15, -0.1) is 0 Å². The van der Waals surface area contributed by atoms with E-state index in [1.54, 1.807) is 36.2 Å². The van der Waals surface area contributed by atoms with E-state index in [0.29, 0.717) is 12.3 Å². The maximum Gasteiger partial charge on any atom is 0.243 e. The first-order valence-corrected chi connectivity index (χ1v) is 10.7. The van der Waals surface area contributed by atoms with E-state index >= 15 is 0 Å². The molecule has 0 spiro atoms. The Bertz CT molecular complexity index is 1020. The third-order valence-corrected chi connectivity index (χ3v) is 5.05. The fraction of sp³-hybridized carbons (Fsp3) is 0.231. The van der Waals surface area contributed by atoms with Crippen LogP contribution >= 0.6 is 0 Å². The number of anilines is 3. The summed E-state index contributed by atoms with van der Waals surface area (Å²) >= 11 is 0. The highest BCUT2D eigenvalue weighted by Crippen LogP contribution is 2.24. The molecule has 0 atom stereocenters. The van der Waals surface area contributed by atoms with Crippen molar-refractivity contribution in [2.24, 2.45) is 0 Å². The summed E-state index contributed by atoms with van der Waals surface area (Å²) in [5.41, 5.74) is 3.51. The first kappa shape index (κ1) is 22.9. The van der Waals surface area contributed by atoms with Crippen LogP contribution in [0.2, 0.25) is 0 Å². The first-order valence-electron chi connectivity index (χ1n) is 10.7. The number of hydrogen-bond acceptors (Lipinski definition) is 4. The van der Waals surface area contributed by atoms with E-state index in [1.807, 2.05) is 42.5 Å². The molecule has 2 N–H and O–H groups in total. The Morgan fingerprint density at radius 2 is 1.59 bits per heavy atom. The van der Waals surface area contributed by atoms with Gasteiger partial charge >= 0.3 is 0 Å². The summed E-state index contributed by atoms with van der Waals surface area (Å²) in [4.78, 5) is 25.3. The zero-order valence-corrected chi connectivity index (χ0v) is 18.5. The van der Waals surface area contributed by atoms with Crippen LogP contribution in [0.4, 0.5) is 17.1 Å². The molecule has 0 saturated carbocycles. The van der Waals surface area contributed by atoms with Crippen LogP contribution in [-0.2, 0) is 16.0 Å². The van der Waals surface area contributed by atoms with Gasteiger partial charge < -0.3 is 20.3 Å². The lowest BCUT2D eigenvalue weighted by Gasteiger charge is -2.16. The minimum absolute atomic E-state index is 0.0491. The Balaban J connectivity index is 1.46. The number of hydrogen-bond donors (Lipinski definition) is 2. The van der Waals surface area contributed by atoms with Crippen molar-refractivity contribution in [3.8, 4) is 5.75 Å². The van der Waals surface area contributed by atoms with Gasteiger partial charge in [-0.1, -0.05) is 42.5 Å². The van der Waals surface area contributed by atoms with Crippen molar-refractivity contribution in [1.29, 1.82) is 0 Å². The van der Waals surface area contributed by atoms with E-state index in [4.69, 9.17) is 4.74 Å². The molecule has 0 aliphatic rings. The van der Waals surface area contributed by atoms with Gasteiger partial charge in [-0.25, -0.2) is 0 Å². The van der Waals surface area contributed by atoms with E-state index in [1.165, 1.54) is 12.5 Å². The smallest absolute Gasteiger partial charge is 0.243 e. The van der Waals surface area contributed by atoms with Crippen molar-refractivity contribution >= 4 is 28.9 Å². The molecule has 0 heterocycles. The molecule has 0 aliphatic carbocycles. The Morgan fingerprint density at radius 3 is 2.31 bits per heavy atom. The zero-order chi connectivity index (χ0) is 22.8. The number of carbonyl (C=O) groups is 2. The van der Waals surface area contributed by atoms with Crippen LogP contribution in [0.25, 0.3) is 0 Å². The van der Waals surface area contributed by atoms with Crippen LogP contribution in [-0.4, -0.2) is 32.0 Å². The summed E-state index contributed by atoms with van der Waals surface area (Å²) in [7, 11) is 1.71. The number of ether oxygens (including phenoxy) is 1. The van der Waals surface area contributed by atoms with Crippen molar-refractivity contribution in [2.45, 2.75) is 19.8 Å². The summed E-state index contributed by atoms with van der Waals surface area (Å²) < 4.78 is 5.94. The van der Waals surface area contributed by atoms with Crippen LogP contribution in [0.15, 0.2) is 78.9 Å². The van der Waals surface area contributed by atoms with Crippen LogP contribution in [0.5, 0.6) is 5.75 Å². The molecule has 0 saturated heterocycles. The SMILES string of the molecule is CC(=O)N(C)c1ccc(NC(=O)CNc2ccccc2OCCCc2ccccc2)cc1. The summed E-state index contributed by atoms with van der Waals surface area (Å²) in [5, 5.41) is 6.00. The summed E-state index contributed by atoms with van der Waals surface area (Å²) in [5.74, 6) is 0.508. The number of amides is 2. The molecule has 6 nitrogen and oxygen atoms in total. The molecule has 0 aromatic heterocycles. The second-order valence-electron chi connectivity index (χ2n) is 7.46. The second-order valence-corrected chi connectivity index (χ2v) is 7.46. The second kappa shape index (κ2) is 11.6. The topological polar surface area (TPSA) is 70.7 Å². The number of benzene rings is 3. The van der Waals surface area contributed by atoms with Crippen molar-refractivity contribution < 1.29 is 14.3 Å². The lowest BCUT2D eigenvalue weighted by molar-refractivity contribution is -0.116. The average molecular weight is 432 g/mol. The Morgan fingerprint density at radius 1 is 0.906 bits per heavy atom. The predicted octanol–water partition coefficient (Wildman–Crippen LogP) is 4.73. The molecule has 166 valence electrons. The molecule has 32 heavy (non-hydrogen) atoms. The molecule has 3 rings (SSSR count). The van der Waals surface area contributed by atoms with Crippen LogP contribution in [0, 0.1) is 0 Å². The molecule has 3 aromatic rings. The van der Waals surface area contributed by atoms with Gasteiger partial charge in [0.25, 0.3) is 0 Å². The van der Waals surface area contributed by atoms with Gasteiger partial charge in [-0.05, 0) is 54.8 Å². The highest BCUT2D eigenvalue weighted by atomic mass is 16.5. The molecule has 2 amide bonds. The normalized spacial score (nSPS) is 10.3. The highest BCUT2D eigenvalue weighted by molar-refractivity contribution is 5.95. The maximum absolute atomic E-state index is 12.4. The number of nitrogens with zero attached hydrogens (tertiary/aromatic N) is 1. The van der Waals surface area contributed by atoms with Gasteiger partial charge in [0, 0.05) is 25.3 Å². The Labute approximate surface area is 189 Å². The van der Waals surface area contributed by atoms with Crippen LogP contribution in [0.1, 0.15) is 18.9 Å². The van der Waals surface area contributed by atoms with Gasteiger partial charge in [-0.2, -0.15) is 0 Å². The molecule has 0 aliphatic heterocycles. The fourth-order valence-electron chi connectivity index (χ4n) is 3.17. The van der Waals surface area contributed by atoms with E-state index < -0.39 is 0 Å². The van der Waals surface area contributed by atoms with E-state index in [2.05, 4.69) is 22.8 Å². The summed E-state index contributed by atoms with van der Waals surface area (Å²) in [6.45, 7) is 2.21. The quantitative estimate of drug-likeness (QED) is 0.455. The summed E-state index contributed by atoms with van der Waals surface area (Å²) in [6, 6.07) is 25.1. The minimum atomic E-state index is -0.170. The Hall–Kier alpha value is -3.80. The van der Waals surface area contributed by atoms with E-state index in [9.17, 15) is 9.59 Å². The van der Waals surface area contributed by atoms with Gasteiger partial charge in [-0.3, -0.25) is 9.59 Å². The lowest BCUT2D eigenvalue weighted by Crippen LogP contribution is -2.23. The minimum Gasteiger partial charge on any atom is -0.491 e. The van der Waals surface area contributed by atoms with Crippen molar-refractivity contribution in [3.63, 3.8) is 0 Å².